The van der Waals surface area contributed by atoms with Gasteiger partial charge in [0.25, 0.3) is 5.56 Å². The molecule has 4 aromatic rings. The Morgan fingerprint density at radius 1 is 1.11 bits per heavy atom. The van der Waals surface area contributed by atoms with Crippen molar-refractivity contribution in [1.29, 1.82) is 0 Å². The van der Waals surface area contributed by atoms with Gasteiger partial charge in [-0.05, 0) is 29.8 Å². The van der Waals surface area contributed by atoms with Gasteiger partial charge in [0.05, 0.1) is 32.4 Å². The fraction of sp³-hybridized carbons (Fsp3) is 0.105. The maximum Gasteiger partial charge on any atom is 0.310 e. The van der Waals surface area contributed by atoms with Crippen LogP contribution in [0.3, 0.4) is 0 Å². The van der Waals surface area contributed by atoms with E-state index in [1.807, 2.05) is 24.3 Å². The fourth-order valence-corrected chi connectivity index (χ4v) is 4.09. The molecular formula is C19H12Cl2N2O3S. The third kappa shape index (κ3) is 3.69. The van der Waals surface area contributed by atoms with Crippen molar-refractivity contribution in [3.8, 4) is 0 Å². The number of rotatable bonds is 4. The van der Waals surface area contributed by atoms with Crippen molar-refractivity contribution in [2.45, 2.75) is 13.0 Å². The third-order valence-corrected chi connectivity index (χ3v) is 5.72. The Hall–Kier alpha value is -2.41. The second kappa shape index (κ2) is 7.31. The summed E-state index contributed by atoms with van der Waals surface area (Å²) in [4.78, 5) is 29.5. The molecule has 2 aromatic carbocycles. The molecule has 0 unspecified atom stereocenters. The van der Waals surface area contributed by atoms with Crippen LogP contribution in [0.15, 0.2) is 53.3 Å². The van der Waals surface area contributed by atoms with Gasteiger partial charge in [-0.15, -0.1) is 0 Å². The molecule has 0 spiro atoms. The summed E-state index contributed by atoms with van der Waals surface area (Å²) < 4.78 is 7.78. The standard InChI is InChI=1S/C19H12Cl2N2O3S/c20-13-6-5-11(7-14(13)21)8-18(25)26-10-12-9-17(24)23-15-3-1-2-4-16(15)27-19(23)22-12/h1-7,9H,8,10H2. The highest BCUT2D eigenvalue weighted by Crippen LogP contribution is 2.24. The average molecular weight is 419 g/mol. The van der Waals surface area contributed by atoms with E-state index in [0.717, 1.165) is 10.2 Å². The number of fused-ring (bicyclic) bond motifs is 3. The Labute approximate surface area is 167 Å². The summed E-state index contributed by atoms with van der Waals surface area (Å²) in [6.45, 7) is -0.0693. The molecule has 8 heteroatoms. The van der Waals surface area contributed by atoms with Crippen molar-refractivity contribution in [2.24, 2.45) is 0 Å². The van der Waals surface area contributed by atoms with Gasteiger partial charge in [0.1, 0.15) is 6.61 Å². The van der Waals surface area contributed by atoms with Crippen molar-refractivity contribution < 1.29 is 9.53 Å². The Bertz CT molecular complexity index is 1230. The van der Waals surface area contributed by atoms with E-state index < -0.39 is 5.97 Å². The first kappa shape index (κ1) is 18.0. The molecule has 0 saturated carbocycles. The minimum Gasteiger partial charge on any atom is -0.459 e. The number of benzene rings is 2. The van der Waals surface area contributed by atoms with Crippen LogP contribution in [-0.4, -0.2) is 15.4 Å². The molecule has 0 saturated heterocycles. The van der Waals surface area contributed by atoms with Gasteiger partial charge < -0.3 is 4.74 Å². The predicted octanol–water partition coefficient (Wildman–Crippen LogP) is 4.50. The maximum absolute atomic E-state index is 12.4. The molecule has 2 heterocycles. The van der Waals surface area contributed by atoms with Crippen LogP contribution in [0.4, 0.5) is 0 Å². The Morgan fingerprint density at radius 3 is 2.74 bits per heavy atom. The van der Waals surface area contributed by atoms with Gasteiger partial charge in [0.15, 0.2) is 4.96 Å². The highest BCUT2D eigenvalue weighted by Gasteiger charge is 2.12. The van der Waals surface area contributed by atoms with E-state index in [9.17, 15) is 9.59 Å². The van der Waals surface area contributed by atoms with E-state index in [1.165, 1.54) is 17.4 Å². The fourth-order valence-electron chi connectivity index (χ4n) is 2.72. The van der Waals surface area contributed by atoms with Crippen molar-refractivity contribution in [1.82, 2.24) is 9.38 Å². The molecule has 0 N–H and O–H groups in total. The van der Waals surface area contributed by atoms with Crippen LogP contribution in [0, 0.1) is 0 Å². The average Bonchev–Trinajstić information content (AvgIpc) is 3.02. The number of carbonyl (C=O) groups is 1. The highest BCUT2D eigenvalue weighted by molar-refractivity contribution is 7.23. The minimum absolute atomic E-state index is 0.0566. The number of hydrogen-bond donors (Lipinski definition) is 0. The Balaban J connectivity index is 1.51. The molecular weight excluding hydrogens is 407 g/mol. The lowest BCUT2D eigenvalue weighted by Gasteiger charge is -2.06. The van der Waals surface area contributed by atoms with E-state index >= 15 is 0 Å². The van der Waals surface area contributed by atoms with Crippen LogP contribution in [0.5, 0.6) is 0 Å². The number of aromatic nitrogens is 2. The lowest BCUT2D eigenvalue weighted by atomic mass is 10.1. The molecule has 0 aliphatic rings. The van der Waals surface area contributed by atoms with E-state index in [-0.39, 0.29) is 18.6 Å². The van der Waals surface area contributed by atoms with Gasteiger partial charge >= 0.3 is 5.97 Å². The molecule has 0 atom stereocenters. The summed E-state index contributed by atoms with van der Waals surface area (Å²) >= 11 is 13.2. The number of thiazole rings is 1. The molecule has 136 valence electrons. The highest BCUT2D eigenvalue weighted by atomic mass is 35.5. The number of halogens is 2. The van der Waals surface area contributed by atoms with Gasteiger partial charge in [0.2, 0.25) is 0 Å². The molecule has 5 nitrogen and oxygen atoms in total. The lowest BCUT2D eigenvalue weighted by Crippen LogP contribution is -2.15. The van der Waals surface area contributed by atoms with E-state index in [2.05, 4.69) is 4.98 Å². The zero-order chi connectivity index (χ0) is 19.0. The number of esters is 1. The normalized spacial score (nSPS) is 11.2. The first-order valence-electron chi connectivity index (χ1n) is 8.01. The summed E-state index contributed by atoms with van der Waals surface area (Å²) in [5.41, 5.74) is 1.72. The molecule has 0 fully saturated rings. The SMILES string of the molecule is O=C(Cc1ccc(Cl)c(Cl)c1)OCc1cc(=O)n2c(n1)sc1ccccc12. The van der Waals surface area contributed by atoms with Crippen molar-refractivity contribution in [3.05, 3.63) is 80.2 Å². The first-order chi connectivity index (χ1) is 13.0. The van der Waals surface area contributed by atoms with Crippen LogP contribution in [0.1, 0.15) is 11.3 Å². The number of nitrogens with zero attached hydrogens (tertiary/aromatic N) is 2. The molecule has 27 heavy (non-hydrogen) atoms. The molecule has 0 aliphatic heterocycles. The van der Waals surface area contributed by atoms with Gasteiger partial charge in [-0.2, -0.15) is 0 Å². The van der Waals surface area contributed by atoms with Gasteiger partial charge in [-0.25, -0.2) is 4.98 Å². The number of hydrogen-bond acceptors (Lipinski definition) is 5. The minimum atomic E-state index is -0.438. The van der Waals surface area contributed by atoms with Crippen LogP contribution in [0.2, 0.25) is 10.0 Å². The summed E-state index contributed by atoms with van der Waals surface area (Å²) in [6, 6.07) is 13.9. The van der Waals surface area contributed by atoms with Gasteiger partial charge in [-0.3, -0.25) is 14.0 Å². The van der Waals surface area contributed by atoms with Gasteiger partial charge in [0, 0.05) is 6.07 Å². The Kier molecular flexibility index (Phi) is 4.86. The molecule has 2 aromatic heterocycles. The summed E-state index contributed by atoms with van der Waals surface area (Å²) in [5, 5.41) is 0.807. The number of carbonyl (C=O) groups excluding carboxylic acids is 1. The quantitative estimate of drug-likeness (QED) is 0.457. The van der Waals surface area contributed by atoms with Crippen LogP contribution in [0.25, 0.3) is 15.2 Å². The van der Waals surface area contributed by atoms with Crippen molar-refractivity contribution in [2.75, 3.05) is 0 Å². The second-order valence-electron chi connectivity index (χ2n) is 5.86. The number of ether oxygens (including phenoxy) is 1. The van der Waals surface area contributed by atoms with Crippen molar-refractivity contribution in [3.63, 3.8) is 0 Å². The first-order valence-corrected chi connectivity index (χ1v) is 9.58. The van der Waals surface area contributed by atoms with Crippen LogP contribution >= 0.6 is 34.5 Å². The van der Waals surface area contributed by atoms with Gasteiger partial charge in [-0.1, -0.05) is 52.7 Å². The molecule has 0 aliphatic carbocycles. The molecule has 0 bridgehead atoms. The smallest absolute Gasteiger partial charge is 0.310 e. The molecule has 0 radical (unpaired) electrons. The molecule has 4 rings (SSSR count). The summed E-state index contributed by atoms with van der Waals surface area (Å²) in [5.74, 6) is -0.438. The van der Waals surface area contributed by atoms with E-state index in [4.69, 9.17) is 27.9 Å². The predicted molar refractivity (Wildman–Crippen MR) is 107 cm³/mol. The summed E-state index contributed by atoms with van der Waals surface area (Å²) in [7, 11) is 0. The second-order valence-corrected chi connectivity index (χ2v) is 7.68. The summed E-state index contributed by atoms with van der Waals surface area (Å²) in [6.07, 6.45) is 0.0566. The zero-order valence-electron chi connectivity index (χ0n) is 13.8. The largest absolute Gasteiger partial charge is 0.459 e. The molecule has 0 amide bonds. The van der Waals surface area contributed by atoms with Crippen molar-refractivity contribution >= 4 is 55.7 Å². The lowest BCUT2D eigenvalue weighted by molar-refractivity contribution is -0.144. The third-order valence-electron chi connectivity index (χ3n) is 3.96. The Morgan fingerprint density at radius 2 is 1.93 bits per heavy atom. The van der Waals surface area contributed by atoms with Crippen LogP contribution < -0.4 is 5.56 Å². The maximum atomic E-state index is 12.4. The zero-order valence-corrected chi connectivity index (χ0v) is 16.1. The van der Waals surface area contributed by atoms with Crippen LogP contribution in [-0.2, 0) is 22.6 Å². The van der Waals surface area contributed by atoms with E-state index in [0.29, 0.717) is 26.3 Å². The number of para-hydroxylation sites is 1. The topological polar surface area (TPSA) is 60.7 Å². The monoisotopic (exact) mass is 418 g/mol. The van der Waals surface area contributed by atoms with E-state index in [1.54, 1.807) is 22.6 Å².